The van der Waals surface area contributed by atoms with Gasteiger partial charge in [-0.2, -0.15) is 0 Å². The number of amides is 1. The summed E-state index contributed by atoms with van der Waals surface area (Å²) in [6.07, 6.45) is 7.41. The van der Waals surface area contributed by atoms with Gasteiger partial charge in [0.05, 0.1) is 17.1 Å². The van der Waals surface area contributed by atoms with Crippen LogP contribution in [0, 0.1) is 6.92 Å². The first-order chi connectivity index (χ1) is 18.7. The van der Waals surface area contributed by atoms with Crippen LogP contribution in [0.2, 0.25) is 0 Å². The van der Waals surface area contributed by atoms with Gasteiger partial charge in [-0.3, -0.25) is 14.5 Å². The molecule has 2 heterocycles. The normalized spacial score (nSPS) is 30.4. The molecule has 0 radical (unpaired) electrons. The SMILES string of the molecule is C=CCN1CC[C@]23c4c5ccc(OC(C)=O)c4O[C@H]2[C@H](N(C)C(=O)C=Cc2cccc(C)c2)CC[C@@]3(O)[C@H]1C5. The van der Waals surface area contributed by atoms with Crippen LogP contribution < -0.4 is 9.47 Å². The molecule has 1 amide bonds. The summed E-state index contributed by atoms with van der Waals surface area (Å²) in [7, 11) is 1.82. The molecule has 2 aliphatic heterocycles. The maximum absolute atomic E-state index is 13.5. The lowest BCUT2D eigenvalue weighted by atomic mass is 9.48. The number of nitrogens with zero attached hydrogens (tertiary/aromatic N) is 2. The van der Waals surface area contributed by atoms with Crippen LogP contribution in [0.25, 0.3) is 6.08 Å². The molecule has 5 atom stereocenters. The quantitative estimate of drug-likeness (QED) is 0.266. The van der Waals surface area contributed by atoms with Crippen LogP contribution in [0.4, 0.5) is 0 Å². The Morgan fingerprint density at radius 1 is 1.28 bits per heavy atom. The predicted molar refractivity (Wildman–Crippen MR) is 149 cm³/mol. The Kier molecular flexibility index (Phi) is 6.19. The Hall–Kier alpha value is -3.42. The summed E-state index contributed by atoms with van der Waals surface area (Å²) in [6, 6.07) is 11.5. The van der Waals surface area contributed by atoms with Gasteiger partial charge in [-0.1, -0.05) is 42.0 Å². The minimum absolute atomic E-state index is 0.0865. The molecular weight excluding hydrogens is 492 g/mol. The van der Waals surface area contributed by atoms with E-state index in [2.05, 4.69) is 11.5 Å². The fraction of sp³-hybridized carbons (Fsp3) is 0.438. The van der Waals surface area contributed by atoms with Gasteiger partial charge in [0.2, 0.25) is 5.91 Å². The molecule has 4 aliphatic rings. The van der Waals surface area contributed by atoms with Crippen molar-refractivity contribution in [3.05, 3.63) is 77.4 Å². The average molecular weight is 529 g/mol. The topological polar surface area (TPSA) is 79.3 Å². The molecule has 1 saturated carbocycles. The lowest BCUT2D eigenvalue weighted by molar-refractivity contribution is -0.198. The zero-order valence-corrected chi connectivity index (χ0v) is 22.9. The number of aliphatic hydroxyl groups is 1. The van der Waals surface area contributed by atoms with E-state index in [1.165, 1.54) is 6.92 Å². The van der Waals surface area contributed by atoms with E-state index < -0.39 is 23.1 Å². The molecule has 39 heavy (non-hydrogen) atoms. The second kappa shape index (κ2) is 9.35. The number of carbonyl (C=O) groups is 2. The van der Waals surface area contributed by atoms with Gasteiger partial charge >= 0.3 is 5.97 Å². The van der Waals surface area contributed by atoms with Crippen LogP contribution in [0.15, 0.2) is 55.1 Å². The van der Waals surface area contributed by atoms with Crippen LogP contribution in [-0.4, -0.2) is 70.7 Å². The third kappa shape index (κ3) is 3.78. The molecule has 0 aromatic heterocycles. The zero-order chi connectivity index (χ0) is 27.5. The maximum Gasteiger partial charge on any atom is 0.308 e. The second-order valence-electron chi connectivity index (χ2n) is 11.5. The molecule has 2 bridgehead atoms. The summed E-state index contributed by atoms with van der Waals surface area (Å²) in [5, 5.41) is 12.6. The molecule has 2 fully saturated rings. The Labute approximate surface area is 229 Å². The molecule has 1 N–H and O–H groups in total. The van der Waals surface area contributed by atoms with Crippen LogP contribution in [0.1, 0.15) is 48.4 Å². The van der Waals surface area contributed by atoms with E-state index in [-0.39, 0.29) is 18.0 Å². The minimum Gasteiger partial charge on any atom is -0.483 e. The first kappa shape index (κ1) is 25.8. The summed E-state index contributed by atoms with van der Waals surface area (Å²) in [5.41, 5.74) is 2.44. The molecule has 1 saturated heterocycles. The van der Waals surface area contributed by atoms with Gasteiger partial charge in [-0.15, -0.1) is 6.58 Å². The zero-order valence-electron chi connectivity index (χ0n) is 22.9. The number of esters is 1. The van der Waals surface area contributed by atoms with Gasteiger partial charge < -0.3 is 19.5 Å². The summed E-state index contributed by atoms with van der Waals surface area (Å²) >= 11 is 0. The van der Waals surface area contributed by atoms with Crippen LogP contribution in [0.5, 0.6) is 11.5 Å². The van der Waals surface area contributed by atoms with E-state index in [1.54, 1.807) is 17.0 Å². The lowest BCUT2D eigenvalue weighted by Crippen LogP contribution is -2.78. The van der Waals surface area contributed by atoms with Crippen molar-refractivity contribution in [1.29, 1.82) is 0 Å². The number of aryl methyl sites for hydroxylation is 1. The number of benzene rings is 2. The van der Waals surface area contributed by atoms with Crippen molar-refractivity contribution in [1.82, 2.24) is 9.80 Å². The van der Waals surface area contributed by atoms with Gasteiger partial charge in [-0.25, -0.2) is 0 Å². The average Bonchev–Trinajstić information content (AvgIpc) is 3.25. The van der Waals surface area contributed by atoms with E-state index >= 15 is 0 Å². The van der Waals surface area contributed by atoms with Gasteiger partial charge in [0.1, 0.15) is 6.10 Å². The summed E-state index contributed by atoms with van der Waals surface area (Å²) < 4.78 is 12.3. The van der Waals surface area contributed by atoms with Crippen molar-refractivity contribution in [3.8, 4) is 11.5 Å². The fourth-order valence-corrected chi connectivity index (χ4v) is 7.83. The lowest BCUT2D eigenvalue weighted by Gasteiger charge is -2.64. The highest BCUT2D eigenvalue weighted by molar-refractivity contribution is 5.92. The van der Waals surface area contributed by atoms with Crippen molar-refractivity contribution in [3.63, 3.8) is 0 Å². The highest BCUT2D eigenvalue weighted by Crippen LogP contribution is 2.65. The number of likely N-dealkylation sites (N-methyl/N-ethyl adjacent to an activating group) is 1. The van der Waals surface area contributed by atoms with Crippen molar-refractivity contribution in [2.45, 2.75) is 68.7 Å². The van der Waals surface area contributed by atoms with Crippen LogP contribution >= 0.6 is 0 Å². The number of carbonyl (C=O) groups excluding carboxylic acids is 2. The van der Waals surface area contributed by atoms with E-state index in [0.717, 1.165) is 28.8 Å². The summed E-state index contributed by atoms with van der Waals surface area (Å²) in [5.74, 6) is 0.396. The molecule has 7 nitrogen and oxygen atoms in total. The number of rotatable bonds is 6. The molecule has 2 aromatic carbocycles. The van der Waals surface area contributed by atoms with E-state index in [4.69, 9.17) is 9.47 Å². The van der Waals surface area contributed by atoms with Crippen molar-refractivity contribution in [2.24, 2.45) is 0 Å². The Morgan fingerprint density at radius 3 is 2.85 bits per heavy atom. The van der Waals surface area contributed by atoms with Crippen LogP contribution in [0.3, 0.4) is 0 Å². The molecule has 0 unspecified atom stereocenters. The third-order valence-electron chi connectivity index (χ3n) is 9.45. The number of piperidine rings is 1. The molecule has 6 rings (SSSR count). The molecule has 1 spiro atoms. The largest absolute Gasteiger partial charge is 0.483 e. The molecular formula is C32H36N2O5. The molecule has 204 valence electrons. The Bertz CT molecular complexity index is 1380. The highest BCUT2D eigenvalue weighted by Gasteiger charge is 2.73. The summed E-state index contributed by atoms with van der Waals surface area (Å²) in [4.78, 5) is 29.5. The number of likely N-dealkylation sites (tertiary alicyclic amines) is 1. The molecule has 2 aliphatic carbocycles. The number of hydrogen-bond donors (Lipinski definition) is 1. The monoisotopic (exact) mass is 528 g/mol. The van der Waals surface area contributed by atoms with Crippen molar-refractivity contribution < 1.29 is 24.2 Å². The molecule has 2 aromatic rings. The standard InChI is InChI=1S/C32H36N2O5/c1-5-16-34-17-15-31-28-23-10-11-25(38-21(3)35)29(28)39-30(31)24(13-14-32(31,37)26(34)19-23)33(4)27(36)12-9-22-8-6-7-20(2)18-22/h5-12,18,24,26,30,37H,1,13-17,19H2,2-4H3/t24-,26-,30+,31+,32-/m1/s1. The van der Waals surface area contributed by atoms with Crippen LogP contribution in [-0.2, 0) is 21.4 Å². The van der Waals surface area contributed by atoms with Gasteiger partial charge in [-0.05, 0) is 62.4 Å². The van der Waals surface area contributed by atoms with Crippen molar-refractivity contribution in [2.75, 3.05) is 20.1 Å². The number of hydrogen-bond acceptors (Lipinski definition) is 6. The van der Waals surface area contributed by atoms with E-state index in [0.29, 0.717) is 43.7 Å². The molecule has 7 heteroatoms. The fourth-order valence-electron chi connectivity index (χ4n) is 7.83. The van der Waals surface area contributed by atoms with Crippen molar-refractivity contribution >= 4 is 18.0 Å². The predicted octanol–water partition coefficient (Wildman–Crippen LogP) is 3.80. The number of ether oxygens (including phenoxy) is 2. The van der Waals surface area contributed by atoms with E-state index in [1.807, 2.05) is 56.5 Å². The minimum atomic E-state index is -1.04. The van der Waals surface area contributed by atoms with Gasteiger partial charge in [0.25, 0.3) is 0 Å². The maximum atomic E-state index is 13.5. The van der Waals surface area contributed by atoms with Gasteiger partial charge in [0.15, 0.2) is 11.5 Å². The second-order valence-corrected chi connectivity index (χ2v) is 11.5. The first-order valence-electron chi connectivity index (χ1n) is 13.8. The van der Waals surface area contributed by atoms with Gasteiger partial charge in [0, 0.05) is 38.2 Å². The highest BCUT2D eigenvalue weighted by atomic mass is 16.6. The Morgan fingerprint density at radius 2 is 2.10 bits per heavy atom. The first-order valence-corrected chi connectivity index (χ1v) is 13.8. The van der Waals surface area contributed by atoms with E-state index in [9.17, 15) is 14.7 Å². The third-order valence-corrected chi connectivity index (χ3v) is 9.45. The smallest absolute Gasteiger partial charge is 0.308 e. The summed E-state index contributed by atoms with van der Waals surface area (Å²) in [6.45, 7) is 8.84. The Balaban J connectivity index is 1.41.